The number of carbonyl (C=O) groups is 1. The van der Waals surface area contributed by atoms with Gasteiger partial charge in [0.1, 0.15) is 5.82 Å². The maximum atomic E-state index is 13.6. The van der Waals surface area contributed by atoms with E-state index in [1.54, 1.807) is 30.1 Å². The molecule has 0 aliphatic heterocycles. The molecule has 0 saturated heterocycles. The van der Waals surface area contributed by atoms with Gasteiger partial charge in [-0.15, -0.1) is 11.3 Å². The molecule has 0 fully saturated rings. The van der Waals surface area contributed by atoms with Crippen molar-refractivity contribution in [2.24, 2.45) is 0 Å². The average molecular weight is 328 g/mol. The number of benzene rings is 1. The number of carbonyl (C=O) groups excluding carboxylic acids is 1. The maximum absolute atomic E-state index is 13.6. The van der Waals surface area contributed by atoms with Gasteiger partial charge in [0.05, 0.1) is 17.1 Å². The number of likely N-dealkylation sites (N-methyl/N-ethyl adjacent to an activating group) is 1. The fourth-order valence-corrected chi connectivity index (χ4v) is 3.15. The molecule has 0 radical (unpaired) electrons. The number of thiophene rings is 1. The van der Waals surface area contributed by atoms with Crippen molar-refractivity contribution in [1.29, 1.82) is 0 Å². The number of para-hydroxylation sites is 1. The number of Topliss-reactive ketones (excluding diaryl/α,β-unsaturated/α-hetero) is 1. The van der Waals surface area contributed by atoms with E-state index in [-0.39, 0.29) is 18.1 Å². The molecule has 0 bridgehead atoms. The summed E-state index contributed by atoms with van der Waals surface area (Å²) in [5.41, 5.74) is 0.429. The zero-order valence-corrected chi connectivity index (χ0v) is 12.1. The summed E-state index contributed by atoms with van der Waals surface area (Å²) in [5.74, 6) is -0.347. The van der Waals surface area contributed by atoms with Crippen LogP contribution in [-0.2, 0) is 0 Å². The minimum absolute atomic E-state index is 0.0253. The molecule has 5 heteroatoms. The van der Waals surface area contributed by atoms with Gasteiger partial charge in [-0.25, -0.2) is 4.39 Å². The van der Waals surface area contributed by atoms with Crippen molar-refractivity contribution < 1.29 is 9.18 Å². The molecule has 0 atom stereocenters. The lowest BCUT2D eigenvalue weighted by molar-refractivity contribution is 0.100. The molecule has 0 aliphatic rings. The van der Waals surface area contributed by atoms with Crippen LogP contribution in [0.3, 0.4) is 0 Å². The van der Waals surface area contributed by atoms with E-state index >= 15 is 0 Å². The molecule has 0 amide bonds. The fourth-order valence-electron chi connectivity index (χ4n) is 1.63. The Balaban J connectivity index is 2.13. The lowest BCUT2D eigenvalue weighted by Crippen LogP contribution is -2.26. The molecule has 0 saturated carbocycles. The Morgan fingerprint density at radius 1 is 1.39 bits per heavy atom. The third-order valence-corrected chi connectivity index (χ3v) is 4.39. The lowest BCUT2D eigenvalue weighted by atomic mass is 10.2. The highest BCUT2D eigenvalue weighted by Crippen LogP contribution is 2.24. The maximum Gasteiger partial charge on any atom is 0.193 e. The molecule has 1 heterocycles. The van der Waals surface area contributed by atoms with Gasteiger partial charge in [-0.1, -0.05) is 12.1 Å². The summed E-state index contributed by atoms with van der Waals surface area (Å²) in [7, 11) is 1.71. The second-order valence-electron chi connectivity index (χ2n) is 3.83. The molecule has 0 N–H and O–H groups in total. The normalized spacial score (nSPS) is 10.4. The third-order valence-electron chi connectivity index (χ3n) is 2.51. The Morgan fingerprint density at radius 3 is 2.72 bits per heavy atom. The molecule has 94 valence electrons. The standard InChI is InChI=1S/C13H11BrFNOS/c1-16(11-5-3-2-4-10(11)15)8-12(17)13-9(14)6-7-18-13/h2-7H,8H2,1H3. The SMILES string of the molecule is CN(CC(=O)c1sccc1Br)c1ccccc1F. The predicted molar refractivity (Wildman–Crippen MR) is 76.0 cm³/mol. The number of halogens is 2. The predicted octanol–water partition coefficient (Wildman–Crippen LogP) is 3.97. The molecule has 2 aromatic rings. The Kier molecular flexibility index (Phi) is 4.14. The Morgan fingerprint density at radius 2 is 2.11 bits per heavy atom. The summed E-state index contributed by atoms with van der Waals surface area (Å²) >= 11 is 4.71. The van der Waals surface area contributed by atoms with Crippen molar-refractivity contribution in [3.05, 3.63) is 50.9 Å². The highest BCUT2D eigenvalue weighted by Gasteiger charge is 2.15. The van der Waals surface area contributed by atoms with Crippen LogP contribution in [0.1, 0.15) is 9.67 Å². The summed E-state index contributed by atoms with van der Waals surface area (Å²) < 4.78 is 14.3. The number of anilines is 1. The largest absolute Gasteiger partial charge is 0.364 e. The van der Waals surface area contributed by atoms with Gasteiger partial charge in [0.15, 0.2) is 5.78 Å². The lowest BCUT2D eigenvalue weighted by Gasteiger charge is -2.18. The van der Waals surface area contributed by atoms with Gasteiger partial charge < -0.3 is 4.90 Å². The molecule has 2 rings (SSSR count). The van der Waals surface area contributed by atoms with E-state index < -0.39 is 0 Å². The molecule has 18 heavy (non-hydrogen) atoms. The van der Waals surface area contributed by atoms with Crippen molar-refractivity contribution in [3.8, 4) is 0 Å². The first-order valence-corrected chi connectivity index (χ1v) is 6.98. The van der Waals surface area contributed by atoms with E-state index in [4.69, 9.17) is 0 Å². The second kappa shape index (κ2) is 5.63. The molecule has 1 aromatic heterocycles. The summed E-state index contributed by atoms with van der Waals surface area (Å²) in [5, 5.41) is 1.85. The molecule has 0 aliphatic carbocycles. The Hall–Kier alpha value is -1.20. The minimum Gasteiger partial charge on any atom is -0.364 e. The number of hydrogen-bond donors (Lipinski definition) is 0. The second-order valence-corrected chi connectivity index (χ2v) is 5.60. The van der Waals surface area contributed by atoms with Crippen molar-refractivity contribution in [1.82, 2.24) is 0 Å². The first kappa shape index (κ1) is 13.2. The van der Waals surface area contributed by atoms with E-state index in [0.717, 1.165) is 4.47 Å². The van der Waals surface area contributed by atoms with Crippen LogP contribution in [-0.4, -0.2) is 19.4 Å². The number of rotatable bonds is 4. The van der Waals surface area contributed by atoms with E-state index in [1.165, 1.54) is 17.4 Å². The van der Waals surface area contributed by atoms with Crippen LogP contribution in [0.5, 0.6) is 0 Å². The zero-order chi connectivity index (χ0) is 13.1. The fraction of sp³-hybridized carbons (Fsp3) is 0.154. The van der Waals surface area contributed by atoms with Gasteiger partial charge in [-0.05, 0) is 39.5 Å². The van der Waals surface area contributed by atoms with Gasteiger partial charge in [0, 0.05) is 11.5 Å². The first-order chi connectivity index (χ1) is 8.59. The van der Waals surface area contributed by atoms with Crippen LogP contribution in [0.25, 0.3) is 0 Å². The number of nitrogens with zero attached hydrogens (tertiary/aromatic N) is 1. The highest BCUT2D eigenvalue weighted by molar-refractivity contribution is 9.10. The topological polar surface area (TPSA) is 20.3 Å². The van der Waals surface area contributed by atoms with E-state index in [1.807, 2.05) is 11.4 Å². The van der Waals surface area contributed by atoms with Crippen LogP contribution in [0.15, 0.2) is 40.2 Å². The van der Waals surface area contributed by atoms with Gasteiger partial charge >= 0.3 is 0 Å². The van der Waals surface area contributed by atoms with Crippen LogP contribution < -0.4 is 4.90 Å². The highest BCUT2D eigenvalue weighted by atomic mass is 79.9. The summed E-state index contributed by atoms with van der Waals surface area (Å²) in [6.45, 7) is 0.153. The van der Waals surface area contributed by atoms with Crippen LogP contribution in [0.4, 0.5) is 10.1 Å². The zero-order valence-electron chi connectivity index (χ0n) is 9.69. The van der Waals surface area contributed by atoms with Gasteiger partial charge in [0.2, 0.25) is 0 Å². The smallest absolute Gasteiger partial charge is 0.193 e. The molecular formula is C13H11BrFNOS. The van der Waals surface area contributed by atoms with Crippen molar-refractivity contribution in [2.45, 2.75) is 0 Å². The first-order valence-electron chi connectivity index (χ1n) is 5.31. The molecular weight excluding hydrogens is 317 g/mol. The average Bonchev–Trinajstić information content (AvgIpc) is 2.76. The molecule has 0 unspecified atom stereocenters. The van der Waals surface area contributed by atoms with Crippen molar-refractivity contribution >= 4 is 38.7 Å². The Bertz CT molecular complexity index is 570. The minimum atomic E-state index is -0.321. The third kappa shape index (κ3) is 2.79. The summed E-state index contributed by atoms with van der Waals surface area (Å²) in [4.78, 5) is 14.3. The van der Waals surface area contributed by atoms with Crippen LogP contribution in [0, 0.1) is 5.82 Å². The summed E-state index contributed by atoms with van der Waals surface area (Å²) in [6.07, 6.45) is 0. The number of ketones is 1. The van der Waals surface area contributed by atoms with Crippen molar-refractivity contribution in [2.75, 3.05) is 18.5 Å². The number of hydrogen-bond acceptors (Lipinski definition) is 3. The van der Waals surface area contributed by atoms with Crippen LogP contribution in [0.2, 0.25) is 0 Å². The van der Waals surface area contributed by atoms with Gasteiger partial charge in [-0.2, -0.15) is 0 Å². The Labute approximate surface area is 117 Å². The summed E-state index contributed by atoms with van der Waals surface area (Å²) in [6, 6.07) is 8.26. The van der Waals surface area contributed by atoms with Gasteiger partial charge in [-0.3, -0.25) is 4.79 Å². The molecule has 2 nitrogen and oxygen atoms in total. The quantitative estimate of drug-likeness (QED) is 0.792. The monoisotopic (exact) mass is 327 g/mol. The van der Waals surface area contributed by atoms with Crippen LogP contribution >= 0.6 is 27.3 Å². The van der Waals surface area contributed by atoms with E-state index in [0.29, 0.717) is 10.6 Å². The molecule has 1 aromatic carbocycles. The molecule has 0 spiro atoms. The van der Waals surface area contributed by atoms with Gasteiger partial charge in [0.25, 0.3) is 0 Å². The van der Waals surface area contributed by atoms with E-state index in [2.05, 4.69) is 15.9 Å². The van der Waals surface area contributed by atoms with E-state index in [9.17, 15) is 9.18 Å². The van der Waals surface area contributed by atoms with Crippen molar-refractivity contribution in [3.63, 3.8) is 0 Å².